The predicted molar refractivity (Wildman–Crippen MR) is 79.5 cm³/mol. The van der Waals surface area contributed by atoms with Gasteiger partial charge in [0, 0.05) is 24.4 Å². The maximum absolute atomic E-state index is 12.0. The molecule has 1 aliphatic carbocycles. The Morgan fingerprint density at radius 2 is 2.05 bits per heavy atom. The molecule has 1 aromatic carbocycles. The quantitative estimate of drug-likeness (QED) is 0.638. The van der Waals surface area contributed by atoms with Crippen LogP contribution in [-0.4, -0.2) is 17.7 Å². The van der Waals surface area contributed by atoms with E-state index in [1.54, 1.807) is 12.1 Å². The SMILES string of the molecule is CC(CC(=O)c1ccccc1)NC(=O)CC1C=CCC1. The van der Waals surface area contributed by atoms with Crippen LogP contribution in [-0.2, 0) is 4.79 Å². The normalized spacial score (nSPS) is 18.8. The number of carbonyl (C=O) groups is 2. The first-order valence-corrected chi connectivity index (χ1v) is 7.19. The molecule has 0 spiro atoms. The van der Waals surface area contributed by atoms with Crippen molar-refractivity contribution in [2.75, 3.05) is 0 Å². The first-order valence-electron chi connectivity index (χ1n) is 7.19. The third-order valence-corrected chi connectivity index (χ3v) is 3.55. The van der Waals surface area contributed by atoms with Crippen molar-refractivity contribution in [1.82, 2.24) is 5.32 Å². The summed E-state index contributed by atoms with van der Waals surface area (Å²) in [5.41, 5.74) is 0.701. The largest absolute Gasteiger partial charge is 0.353 e. The Hall–Kier alpha value is -1.90. The number of carbonyl (C=O) groups excluding carboxylic acids is 2. The molecule has 0 heterocycles. The number of nitrogens with one attached hydrogen (secondary N) is 1. The third kappa shape index (κ3) is 4.34. The van der Waals surface area contributed by atoms with Crippen LogP contribution in [0.15, 0.2) is 42.5 Å². The van der Waals surface area contributed by atoms with Gasteiger partial charge in [0.25, 0.3) is 0 Å². The molecule has 1 aliphatic rings. The van der Waals surface area contributed by atoms with E-state index in [2.05, 4.69) is 17.5 Å². The molecular formula is C17H21NO2. The van der Waals surface area contributed by atoms with E-state index < -0.39 is 0 Å². The van der Waals surface area contributed by atoms with E-state index in [0.717, 1.165) is 12.8 Å². The van der Waals surface area contributed by atoms with E-state index in [1.807, 2.05) is 25.1 Å². The van der Waals surface area contributed by atoms with Crippen molar-refractivity contribution in [3.05, 3.63) is 48.0 Å². The van der Waals surface area contributed by atoms with Crippen molar-refractivity contribution < 1.29 is 9.59 Å². The van der Waals surface area contributed by atoms with E-state index in [-0.39, 0.29) is 17.7 Å². The molecule has 3 heteroatoms. The molecule has 106 valence electrons. The first-order chi connectivity index (χ1) is 9.65. The second kappa shape index (κ2) is 7.04. The maximum atomic E-state index is 12.0. The minimum absolute atomic E-state index is 0.0370. The van der Waals surface area contributed by atoms with Crippen LogP contribution in [0, 0.1) is 5.92 Å². The van der Waals surface area contributed by atoms with Gasteiger partial charge in [-0.25, -0.2) is 0 Å². The average molecular weight is 271 g/mol. The Morgan fingerprint density at radius 3 is 2.70 bits per heavy atom. The molecule has 0 saturated carbocycles. The summed E-state index contributed by atoms with van der Waals surface area (Å²) in [6.07, 6.45) is 7.24. The lowest BCUT2D eigenvalue weighted by Gasteiger charge is -2.14. The summed E-state index contributed by atoms with van der Waals surface area (Å²) in [6.45, 7) is 1.88. The highest BCUT2D eigenvalue weighted by atomic mass is 16.1. The van der Waals surface area contributed by atoms with Crippen LogP contribution in [0.2, 0.25) is 0 Å². The lowest BCUT2D eigenvalue weighted by Crippen LogP contribution is -2.34. The summed E-state index contributed by atoms with van der Waals surface area (Å²) < 4.78 is 0. The minimum Gasteiger partial charge on any atom is -0.353 e. The Kier molecular flexibility index (Phi) is 5.10. The van der Waals surface area contributed by atoms with E-state index in [4.69, 9.17) is 0 Å². The number of hydrogen-bond acceptors (Lipinski definition) is 2. The number of hydrogen-bond donors (Lipinski definition) is 1. The zero-order chi connectivity index (χ0) is 14.4. The summed E-state index contributed by atoms with van der Waals surface area (Å²) in [7, 11) is 0. The standard InChI is InChI=1S/C17H21NO2/c1-13(11-16(19)15-9-3-2-4-10-15)18-17(20)12-14-7-5-6-8-14/h2-5,7,9-10,13-14H,6,8,11-12H2,1H3,(H,18,20). The van der Waals surface area contributed by atoms with Gasteiger partial charge in [-0.05, 0) is 25.7 Å². The summed E-state index contributed by atoms with van der Waals surface area (Å²) in [4.78, 5) is 23.9. The summed E-state index contributed by atoms with van der Waals surface area (Å²) >= 11 is 0. The Bertz CT molecular complexity index is 493. The van der Waals surface area contributed by atoms with Crippen LogP contribution >= 0.6 is 0 Å². The number of allylic oxidation sites excluding steroid dienone is 2. The first kappa shape index (κ1) is 14.5. The molecule has 0 aliphatic heterocycles. The van der Waals surface area contributed by atoms with Gasteiger partial charge < -0.3 is 5.32 Å². The summed E-state index contributed by atoms with van der Waals surface area (Å²) in [5.74, 6) is 0.473. The van der Waals surface area contributed by atoms with Gasteiger partial charge in [-0.2, -0.15) is 0 Å². The zero-order valence-corrected chi connectivity index (χ0v) is 11.8. The fourth-order valence-electron chi connectivity index (χ4n) is 2.51. The van der Waals surface area contributed by atoms with Gasteiger partial charge >= 0.3 is 0 Å². The molecule has 0 radical (unpaired) electrons. The maximum Gasteiger partial charge on any atom is 0.220 e. The van der Waals surface area contributed by atoms with Crippen LogP contribution in [0.5, 0.6) is 0 Å². The number of rotatable bonds is 6. The average Bonchev–Trinajstić information content (AvgIpc) is 2.92. The minimum atomic E-state index is -0.124. The number of amides is 1. The molecule has 1 amide bonds. The highest BCUT2D eigenvalue weighted by Crippen LogP contribution is 2.20. The van der Waals surface area contributed by atoms with Crippen molar-refractivity contribution in [2.45, 2.75) is 38.6 Å². The fraction of sp³-hybridized carbons (Fsp3) is 0.412. The van der Waals surface area contributed by atoms with Gasteiger partial charge in [0.1, 0.15) is 0 Å². The molecule has 2 rings (SSSR count). The van der Waals surface area contributed by atoms with E-state index >= 15 is 0 Å². The Balaban J connectivity index is 1.77. The molecule has 1 N–H and O–H groups in total. The molecule has 1 aromatic rings. The third-order valence-electron chi connectivity index (χ3n) is 3.55. The molecule has 0 fully saturated rings. The van der Waals surface area contributed by atoms with Gasteiger partial charge in [0.05, 0.1) is 0 Å². The molecule has 0 bridgehead atoms. The van der Waals surface area contributed by atoms with Crippen molar-refractivity contribution in [1.29, 1.82) is 0 Å². The fourth-order valence-corrected chi connectivity index (χ4v) is 2.51. The van der Waals surface area contributed by atoms with E-state index in [1.165, 1.54) is 0 Å². The molecule has 20 heavy (non-hydrogen) atoms. The zero-order valence-electron chi connectivity index (χ0n) is 11.8. The lowest BCUT2D eigenvalue weighted by molar-refractivity contribution is -0.122. The second-order valence-electron chi connectivity index (χ2n) is 5.43. The molecule has 0 saturated heterocycles. The van der Waals surface area contributed by atoms with Crippen LogP contribution in [0.1, 0.15) is 43.0 Å². The van der Waals surface area contributed by atoms with Crippen LogP contribution in [0.25, 0.3) is 0 Å². The van der Waals surface area contributed by atoms with Crippen molar-refractivity contribution in [3.63, 3.8) is 0 Å². The van der Waals surface area contributed by atoms with Crippen molar-refractivity contribution >= 4 is 11.7 Å². The molecule has 3 nitrogen and oxygen atoms in total. The highest BCUT2D eigenvalue weighted by molar-refractivity contribution is 5.96. The smallest absolute Gasteiger partial charge is 0.220 e. The molecular weight excluding hydrogens is 250 g/mol. The topological polar surface area (TPSA) is 46.2 Å². The second-order valence-corrected chi connectivity index (χ2v) is 5.43. The Labute approximate surface area is 120 Å². The van der Waals surface area contributed by atoms with Crippen LogP contribution in [0.4, 0.5) is 0 Å². The molecule has 0 aromatic heterocycles. The van der Waals surface area contributed by atoms with Crippen LogP contribution < -0.4 is 5.32 Å². The number of Topliss-reactive ketones (excluding diaryl/α,β-unsaturated/α-hetero) is 1. The molecule has 2 unspecified atom stereocenters. The van der Waals surface area contributed by atoms with Gasteiger partial charge in [-0.1, -0.05) is 42.5 Å². The monoisotopic (exact) mass is 271 g/mol. The Morgan fingerprint density at radius 1 is 1.30 bits per heavy atom. The van der Waals surface area contributed by atoms with Crippen molar-refractivity contribution in [2.24, 2.45) is 5.92 Å². The summed E-state index contributed by atoms with van der Waals surface area (Å²) in [5, 5.41) is 2.91. The summed E-state index contributed by atoms with van der Waals surface area (Å²) in [6, 6.07) is 9.07. The van der Waals surface area contributed by atoms with Crippen LogP contribution in [0.3, 0.4) is 0 Å². The van der Waals surface area contributed by atoms with Crippen molar-refractivity contribution in [3.8, 4) is 0 Å². The van der Waals surface area contributed by atoms with Gasteiger partial charge in [0.15, 0.2) is 5.78 Å². The predicted octanol–water partition coefficient (Wildman–Crippen LogP) is 3.12. The number of benzene rings is 1. The lowest BCUT2D eigenvalue weighted by atomic mass is 10.0. The highest BCUT2D eigenvalue weighted by Gasteiger charge is 2.17. The van der Waals surface area contributed by atoms with Gasteiger partial charge in [0.2, 0.25) is 5.91 Å². The number of ketones is 1. The van der Waals surface area contributed by atoms with Gasteiger partial charge in [-0.3, -0.25) is 9.59 Å². The molecule has 2 atom stereocenters. The van der Waals surface area contributed by atoms with E-state index in [9.17, 15) is 9.59 Å². The van der Waals surface area contributed by atoms with E-state index in [0.29, 0.717) is 24.3 Å². The van der Waals surface area contributed by atoms with Gasteiger partial charge in [-0.15, -0.1) is 0 Å².